The number of thioether (sulfide) groups is 1. The van der Waals surface area contributed by atoms with Crippen molar-refractivity contribution in [3.63, 3.8) is 0 Å². The average Bonchev–Trinajstić information content (AvgIpc) is 2.74. The molecular weight excluding hydrogens is 244 g/mol. The van der Waals surface area contributed by atoms with E-state index in [1.807, 2.05) is 4.68 Å². The van der Waals surface area contributed by atoms with Crippen molar-refractivity contribution in [1.29, 1.82) is 0 Å². The van der Waals surface area contributed by atoms with Crippen LogP contribution >= 0.6 is 11.8 Å². The van der Waals surface area contributed by atoms with Gasteiger partial charge in [-0.15, -0.1) is 5.10 Å². The lowest BCUT2D eigenvalue weighted by atomic mass is 10.1. The second-order valence-corrected chi connectivity index (χ2v) is 6.26. The van der Waals surface area contributed by atoms with E-state index in [2.05, 4.69) is 67.5 Å². The maximum absolute atomic E-state index is 4.08. The van der Waals surface area contributed by atoms with Gasteiger partial charge in [0, 0.05) is 5.75 Å². The smallest absolute Gasteiger partial charge is 0.210 e. The third-order valence-corrected chi connectivity index (χ3v) is 3.52. The zero-order chi connectivity index (χ0) is 13.2. The summed E-state index contributed by atoms with van der Waals surface area (Å²) in [7, 11) is 0. The fraction of sp³-hybridized carbons (Fsp3) is 0.462. The highest BCUT2D eigenvalue weighted by Crippen LogP contribution is 2.24. The predicted octanol–water partition coefficient (Wildman–Crippen LogP) is 3.03. The van der Waals surface area contributed by atoms with Gasteiger partial charge in [-0.25, -0.2) is 4.68 Å². The molecule has 96 valence electrons. The molecule has 0 aliphatic carbocycles. The van der Waals surface area contributed by atoms with Gasteiger partial charge in [0.15, 0.2) is 0 Å². The molecule has 0 saturated heterocycles. The van der Waals surface area contributed by atoms with Crippen molar-refractivity contribution in [3.8, 4) is 0 Å². The number of hydrogen-bond donors (Lipinski definition) is 0. The third kappa shape index (κ3) is 3.10. The SMILES string of the molecule is Cc1cccc(CSc2nnnn2C(C)(C)C)c1. The summed E-state index contributed by atoms with van der Waals surface area (Å²) in [6.07, 6.45) is 0. The Hall–Kier alpha value is -1.36. The standard InChI is InChI=1S/C13H18N4S/c1-10-6-5-7-11(8-10)9-18-12-14-15-16-17(12)13(2,3)4/h5-8H,9H2,1-4H3. The van der Waals surface area contributed by atoms with E-state index in [1.54, 1.807) is 11.8 Å². The van der Waals surface area contributed by atoms with Crippen LogP contribution in [0.15, 0.2) is 29.4 Å². The zero-order valence-corrected chi connectivity index (χ0v) is 12.0. The summed E-state index contributed by atoms with van der Waals surface area (Å²) in [6, 6.07) is 8.51. The number of rotatable bonds is 3. The molecular formula is C13H18N4S. The van der Waals surface area contributed by atoms with Crippen LogP contribution in [0, 0.1) is 6.92 Å². The third-order valence-electron chi connectivity index (χ3n) is 2.53. The zero-order valence-electron chi connectivity index (χ0n) is 11.2. The van der Waals surface area contributed by atoms with Crippen molar-refractivity contribution >= 4 is 11.8 Å². The molecule has 0 amide bonds. The fourth-order valence-electron chi connectivity index (χ4n) is 1.64. The number of benzene rings is 1. The van der Waals surface area contributed by atoms with E-state index in [0.717, 1.165) is 10.9 Å². The van der Waals surface area contributed by atoms with Crippen molar-refractivity contribution in [2.75, 3.05) is 0 Å². The Morgan fingerprint density at radius 1 is 1.28 bits per heavy atom. The molecule has 4 nitrogen and oxygen atoms in total. The van der Waals surface area contributed by atoms with Crippen molar-refractivity contribution in [2.45, 2.75) is 44.1 Å². The summed E-state index contributed by atoms with van der Waals surface area (Å²) in [5.41, 5.74) is 2.49. The summed E-state index contributed by atoms with van der Waals surface area (Å²) in [4.78, 5) is 0. The minimum absolute atomic E-state index is 0.0849. The monoisotopic (exact) mass is 262 g/mol. The van der Waals surface area contributed by atoms with Gasteiger partial charge in [-0.1, -0.05) is 41.6 Å². The molecule has 2 aromatic rings. The van der Waals surface area contributed by atoms with Crippen LogP contribution in [0.4, 0.5) is 0 Å². The largest absolute Gasteiger partial charge is 0.215 e. The summed E-state index contributed by atoms with van der Waals surface area (Å²) in [5, 5.41) is 12.8. The first-order valence-corrected chi connectivity index (χ1v) is 6.92. The molecule has 0 aliphatic rings. The van der Waals surface area contributed by atoms with Crippen LogP contribution in [-0.2, 0) is 11.3 Å². The van der Waals surface area contributed by atoms with Crippen LogP contribution in [0.1, 0.15) is 31.9 Å². The van der Waals surface area contributed by atoms with E-state index < -0.39 is 0 Å². The number of nitrogens with zero attached hydrogens (tertiary/aromatic N) is 4. The maximum Gasteiger partial charge on any atom is 0.210 e. The molecule has 0 radical (unpaired) electrons. The van der Waals surface area contributed by atoms with Crippen LogP contribution in [0.5, 0.6) is 0 Å². The topological polar surface area (TPSA) is 43.6 Å². The normalized spacial score (nSPS) is 11.8. The van der Waals surface area contributed by atoms with E-state index in [1.165, 1.54) is 11.1 Å². The van der Waals surface area contributed by atoms with Gasteiger partial charge in [0.25, 0.3) is 0 Å². The Kier molecular flexibility index (Phi) is 3.71. The lowest BCUT2D eigenvalue weighted by Gasteiger charge is -2.19. The molecule has 0 unspecified atom stereocenters. The molecule has 0 spiro atoms. The van der Waals surface area contributed by atoms with E-state index in [0.29, 0.717) is 0 Å². The molecule has 0 bridgehead atoms. The lowest BCUT2D eigenvalue weighted by molar-refractivity contribution is 0.321. The van der Waals surface area contributed by atoms with E-state index in [9.17, 15) is 0 Å². The molecule has 1 heterocycles. The first kappa shape index (κ1) is 13.1. The van der Waals surface area contributed by atoms with Crippen LogP contribution in [0.2, 0.25) is 0 Å². The number of hydrogen-bond acceptors (Lipinski definition) is 4. The van der Waals surface area contributed by atoms with E-state index in [4.69, 9.17) is 0 Å². The van der Waals surface area contributed by atoms with Gasteiger partial charge in [-0.2, -0.15) is 0 Å². The van der Waals surface area contributed by atoms with Gasteiger partial charge >= 0.3 is 0 Å². The molecule has 0 fully saturated rings. The van der Waals surface area contributed by atoms with Crippen LogP contribution < -0.4 is 0 Å². The van der Waals surface area contributed by atoms with Gasteiger partial charge in [0.1, 0.15) is 0 Å². The van der Waals surface area contributed by atoms with E-state index in [-0.39, 0.29) is 5.54 Å². The highest BCUT2D eigenvalue weighted by atomic mass is 32.2. The summed E-state index contributed by atoms with van der Waals surface area (Å²) >= 11 is 1.67. The number of aromatic nitrogens is 4. The summed E-state index contributed by atoms with van der Waals surface area (Å²) in [6.45, 7) is 8.40. The highest BCUT2D eigenvalue weighted by Gasteiger charge is 2.19. The Morgan fingerprint density at radius 2 is 2.06 bits per heavy atom. The van der Waals surface area contributed by atoms with Crippen molar-refractivity contribution in [3.05, 3.63) is 35.4 Å². The molecule has 18 heavy (non-hydrogen) atoms. The van der Waals surface area contributed by atoms with Crippen LogP contribution in [0.3, 0.4) is 0 Å². The molecule has 0 N–H and O–H groups in total. The lowest BCUT2D eigenvalue weighted by Crippen LogP contribution is -2.24. The molecule has 0 atom stereocenters. The first-order chi connectivity index (χ1) is 8.47. The maximum atomic E-state index is 4.08. The molecule has 0 aliphatic heterocycles. The quantitative estimate of drug-likeness (QED) is 0.797. The van der Waals surface area contributed by atoms with Crippen molar-refractivity contribution < 1.29 is 0 Å². The number of aryl methyl sites for hydroxylation is 1. The predicted molar refractivity (Wildman–Crippen MR) is 73.6 cm³/mol. The van der Waals surface area contributed by atoms with Gasteiger partial charge in [-0.3, -0.25) is 0 Å². The Bertz CT molecular complexity index is 528. The second-order valence-electron chi connectivity index (χ2n) is 5.32. The van der Waals surface area contributed by atoms with Gasteiger partial charge in [-0.05, 0) is 43.7 Å². The van der Waals surface area contributed by atoms with Gasteiger partial charge in [0.2, 0.25) is 5.16 Å². The summed E-state index contributed by atoms with van der Waals surface area (Å²) < 4.78 is 1.87. The average molecular weight is 262 g/mol. The molecule has 1 aromatic carbocycles. The molecule has 2 rings (SSSR count). The second kappa shape index (κ2) is 5.10. The van der Waals surface area contributed by atoms with Crippen LogP contribution in [-0.4, -0.2) is 20.2 Å². The molecule has 0 saturated carbocycles. The van der Waals surface area contributed by atoms with Crippen molar-refractivity contribution in [2.24, 2.45) is 0 Å². The minimum atomic E-state index is -0.0849. The Balaban J connectivity index is 2.09. The Morgan fingerprint density at radius 3 is 2.72 bits per heavy atom. The van der Waals surface area contributed by atoms with E-state index >= 15 is 0 Å². The molecule has 5 heteroatoms. The van der Waals surface area contributed by atoms with Crippen LogP contribution in [0.25, 0.3) is 0 Å². The summed E-state index contributed by atoms with van der Waals surface area (Å²) in [5.74, 6) is 0.887. The first-order valence-electron chi connectivity index (χ1n) is 5.94. The highest BCUT2D eigenvalue weighted by molar-refractivity contribution is 7.98. The minimum Gasteiger partial charge on any atom is -0.215 e. The fourth-order valence-corrected chi connectivity index (χ4v) is 2.64. The number of tetrazole rings is 1. The van der Waals surface area contributed by atoms with Gasteiger partial charge < -0.3 is 0 Å². The molecule has 1 aromatic heterocycles. The van der Waals surface area contributed by atoms with Crippen molar-refractivity contribution in [1.82, 2.24) is 20.2 Å². The van der Waals surface area contributed by atoms with Gasteiger partial charge in [0.05, 0.1) is 5.54 Å². The Labute approximate surface area is 112 Å².